The highest BCUT2D eigenvalue weighted by Crippen LogP contribution is 2.45. The van der Waals surface area contributed by atoms with Gasteiger partial charge < -0.3 is 20.3 Å². The minimum absolute atomic E-state index is 0.0536. The fourth-order valence-electron chi connectivity index (χ4n) is 4.04. The molecule has 3 aromatic carbocycles. The van der Waals surface area contributed by atoms with Crippen molar-refractivity contribution < 1.29 is 19.4 Å². The number of ether oxygens (including phenoxy) is 2. The maximum absolute atomic E-state index is 13.0. The largest absolute Gasteiger partial charge is 0.494 e. The topological polar surface area (TPSA) is 143 Å². The Bertz CT molecular complexity index is 1260. The highest BCUT2D eigenvalue weighted by atomic mass is 16.5. The van der Waals surface area contributed by atoms with E-state index in [-0.39, 0.29) is 18.9 Å². The first-order chi connectivity index (χ1) is 17.1. The molecule has 0 unspecified atom stereocenters. The molecular formula is C26H25N5O4. The molecule has 0 aliphatic carbocycles. The van der Waals surface area contributed by atoms with Gasteiger partial charge in [0.05, 0.1) is 6.61 Å². The van der Waals surface area contributed by atoms with E-state index < -0.39 is 17.6 Å². The van der Waals surface area contributed by atoms with E-state index in [1.807, 2.05) is 30.3 Å². The summed E-state index contributed by atoms with van der Waals surface area (Å²) in [6.07, 6.45) is -0.174. The first kappa shape index (κ1) is 23.8. The van der Waals surface area contributed by atoms with Crippen molar-refractivity contribution in [2.24, 2.45) is 15.8 Å². The first-order valence-electron chi connectivity index (χ1n) is 11.2. The highest BCUT2D eigenvalue weighted by Gasteiger charge is 2.52. The molecule has 1 aliphatic rings. The summed E-state index contributed by atoms with van der Waals surface area (Å²) in [5.41, 5.74) is 16.0. The number of nitrogens with zero attached hydrogens (tertiary/aromatic N) is 4. The van der Waals surface area contributed by atoms with Crippen LogP contribution in [0.25, 0.3) is 10.4 Å². The smallest absolute Gasteiger partial charge is 0.250 e. The van der Waals surface area contributed by atoms with Gasteiger partial charge in [0.1, 0.15) is 5.75 Å². The van der Waals surface area contributed by atoms with Gasteiger partial charge in [-0.15, -0.1) is 0 Å². The summed E-state index contributed by atoms with van der Waals surface area (Å²) in [6.45, 7) is 0.450. The number of aliphatic hydroxyl groups excluding tert-OH is 1. The van der Waals surface area contributed by atoms with Crippen molar-refractivity contribution in [3.8, 4) is 5.75 Å². The number of aliphatic imine (C=N–C) groups is 1. The minimum atomic E-state index is -1.46. The van der Waals surface area contributed by atoms with Crippen molar-refractivity contribution in [1.82, 2.24) is 0 Å². The van der Waals surface area contributed by atoms with E-state index in [1.54, 1.807) is 48.5 Å². The SMILES string of the molecule is [N-]=[N+]=Nc1ccccc1[C@@H]1OC(c2ccc(OCCCO)cc2)=N[C@]1(Cc1ccccc1)C(N)=O. The summed E-state index contributed by atoms with van der Waals surface area (Å²) in [7, 11) is 0. The van der Waals surface area contributed by atoms with Crippen molar-refractivity contribution in [3.05, 3.63) is 106 Å². The molecule has 0 fully saturated rings. The van der Waals surface area contributed by atoms with Crippen molar-refractivity contribution in [2.75, 3.05) is 13.2 Å². The molecule has 178 valence electrons. The Morgan fingerprint density at radius 3 is 2.51 bits per heavy atom. The minimum Gasteiger partial charge on any atom is -0.494 e. The standard InChI is InChI=1S/C26H25N5O4/c27-25(33)26(17-18-7-2-1-3-8-18)23(21-9-4-5-10-22(21)30-31-28)35-24(29-26)19-11-13-20(14-12-19)34-16-6-15-32/h1-5,7-14,23,32H,6,15-17H2,(H2,27,33)/t23-,26-/m0/s1. The van der Waals surface area contributed by atoms with Crippen molar-refractivity contribution >= 4 is 17.5 Å². The van der Waals surface area contributed by atoms with Crippen LogP contribution in [0.15, 0.2) is 89.0 Å². The Kier molecular flexibility index (Phi) is 7.30. The van der Waals surface area contributed by atoms with Crippen LogP contribution in [-0.4, -0.2) is 35.7 Å². The molecule has 2 atom stereocenters. The van der Waals surface area contributed by atoms with Crippen LogP contribution in [0.1, 0.15) is 29.2 Å². The van der Waals surface area contributed by atoms with Crippen LogP contribution < -0.4 is 10.5 Å². The molecule has 3 N–H and O–H groups in total. The summed E-state index contributed by atoms with van der Waals surface area (Å²) in [5.74, 6) is 0.236. The Morgan fingerprint density at radius 1 is 1.11 bits per heavy atom. The van der Waals surface area contributed by atoms with Crippen LogP contribution in [0.5, 0.6) is 5.75 Å². The maximum atomic E-state index is 13.0. The fourth-order valence-corrected chi connectivity index (χ4v) is 4.04. The van der Waals surface area contributed by atoms with E-state index in [0.717, 1.165) is 5.56 Å². The van der Waals surface area contributed by atoms with Crippen LogP contribution >= 0.6 is 0 Å². The lowest BCUT2D eigenvalue weighted by Crippen LogP contribution is -2.47. The average molecular weight is 472 g/mol. The number of aliphatic hydroxyl groups is 1. The number of carbonyl (C=O) groups is 1. The Balaban J connectivity index is 1.77. The number of benzene rings is 3. The molecule has 4 rings (SSSR count). The zero-order valence-electron chi connectivity index (χ0n) is 18.9. The zero-order valence-corrected chi connectivity index (χ0v) is 18.9. The van der Waals surface area contributed by atoms with E-state index in [9.17, 15) is 4.79 Å². The van der Waals surface area contributed by atoms with Gasteiger partial charge in [-0.3, -0.25) is 4.79 Å². The number of rotatable bonds is 10. The second-order valence-corrected chi connectivity index (χ2v) is 8.06. The van der Waals surface area contributed by atoms with E-state index in [0.29, 0.717) is 35.6 Å². The van der Waals surface area contributed by atoms with Crippen LogP contribution in [0, 0.1) is 0 Å². The van der Waals surface area contributed by atoms with Crippen LogP contribution in [0.2, 0.25) is 0 Å². The molecule has 0 radical (unpaired) electrons. The predicted molar refractivity (Wildman–Crippen MR) is 131 cm³/mol. The molecule has 3 aromatic rings. The van der Waals surface area contributed by atoms with Gasteiger partial charge in [-0.05, 0) is 35.4 Å². The summed E-state index contributed by atoms with van der Waals surface area (Å²) < 4.78 is 11.9. The summed E-state index contributed by atoms with van der Waals surface area (Å²) >= 11 is 0. The molecular weight excluding hydrogens is 446 g/mol. The Labute approximate surface area is 202 Å². The molecule has 0 spiro atoms. The monoisotopic (exact) mass is 471 g/mol. The third-order valence-electron chi connectivity index (χ3n) is 5.75. The lowest BCUT2D eigenvalue weighted by Gasteiger charge is -2.29. The molecule has 1 heterocycles. The number of amides is 1. The molecule has 0 saturated heterocycles. The molecule has 35 heavy (non-hydrogen) atoms. The van der Waals surface area contributed by atoms with Gasteiger partial charge >= 0.3 is 0 Å². The quantitative estimate of drug-likeness (QED) is 0.196. The normalized spacial score (nSPS) is 18.8. The predicted octanol–water partition coefficient (Wildman–Crippen LogP) is 4.37. The molecule has 1 aliphatic heterocycles. The van der Waals surface area contributed by atoms with Crippen molar-refractivity contribution in [3.63, 3.8) is 0 Å². The number of hydrogen-bond acceptors (Lipinski definition) is 6. The number of primary amides is 1. The number of carbonyl (C=O) groups excluding carboxylic acids is 1. The second kappa shape index (κ2) is 10.7. The number of nitrogens with two attached hydrogens (primary N) is 1. The Hall–Kier alpha value is -4.33. The van der Waals surface area contributed by atoms with E-state index >= 15 is 0 Å². The molecule has 9 heteroatoms. The third kappa shape index (κ3) is 5.11. The van der Waals surface area contributed by atoms with Gasteiger partial charge in [0.2, 0.25) is 11.8 Å². The number of azide groups is 1. The lowest BCUT2D eigenvalue weighted by atomic mass is 9.82. The van der Waals surface area contributed by atoms with Gasteiger partial charge in [-0.1, -0.05) is 59.7 Å². The molecule has 0 saturated carbocycles. The van der Waals surface area contributed by atoms with E-state index in [1.165, 1.54) is 0 Å². The summed E-state index contributed by atoms with van der Waals surface area (Å²) in [5, 5.41) is 12.7. The zero-order chi connectivity index (χ0) is 24.7. The van der Waals surface area contributed by atoms with Crippen LogP contribution in [-0.2, 0) is 16.0 Å². The third-order valence-corrected chi connectivity index (χ3v) is 5.75. The highest BCUT2D eigenvalue weighted by molar-refractivity contribution is 6.01. The van der Waals surface area contributed by atoms with Gasteiger partial charge in [0, 0.05) is 41.2 Å². The molecule has 1 amide bonds. The van der Waals surface area contributed by atoms with Crippen LogP contribution in [0.4, 0.5) is 5.69 Å². The Morgan fingerprint density at radius 2 is 1.83 bits per heavy atom. The summed E-state index contributed by atoms with van der Waals surface area (Å²) in [6, 6.07) is 23.4. The van der Waals surface area contributed by atoms with Crippen LogP contribution in [0.3, 0.4) is 0 Å². The van der Waals surface area contributed by atoms with Gasteiger partial charge in [0.15, 0.2) is 11.6 Å². The average Bonchev–Trinajstić information content (AvgIpc) is 3.26. The fraction of sp³-hybridized carbons (Fsp3) is 0.231. The molecule has 0 aromatic heterocycles. The van der Waals surface area contributed by atoms with Crippen molar-refractivity contribution in [1.29, 1.82) is 0 Å². The second-order valence-electron chi connectivity index (χ2n) is 8.06. The summed E-state index contributed by atoms with van der Waals surface area (Å²) in [4.78, 5) is 20.7. The van der Waals surface area contributed by atoms with Gasteiger partial charge in [0.25, 0.3) is 0 Å². The van der Waals surface area contributed by atoms with Crippen molar-refractivity contribution in [2.45, 2.75) is 24.5 Å². The first-order valence-corrected chi connectivity index (χ1v) is 11.2. The lowest BCUT2D eigenvalue weighted by molar-refractivity contribution is -0.125. The van der Waals surface area contributed by atoms with E-state index in [4.69, 9.17) is 30.8 Å². The number of hydrogen-bond donors (Lipinski definition) is 2. The maximum Gasteiger partial charge on any atom is 0.250 e. The van der Waals surface area contributed by atoms with E-state index in [2.05, 4.69) is 10.0 Å². The van der Waals surface area contributed by atoms with Gasteiger partial charge in [-0.25, -0.2) is 4.99 Å². The molecule has 9 nitrogen and oxygen atoms in total. The molecule has 0 bridgehead atoms. The van der Waals surface area contributed by atoms with Gasteiger partial charge in [-0.2, -0.15) is 0 Å².